The molecule has 1 heterocycles. The predicted octanol–water partition coefficient (Wildman–Crippen LogP) is 5.02. The molecule has 132 valence electrons. The summed E-state index contributed by atoms with van der Waals surface area (Å²) in [5, 5.41) is 3.08. The van der Waals surface area contributed by atoms with Crippen LogP contribution in [0.3, 0.4) is 0 Å². The average molecular weight is 419 g/mol. The van der Waals surface area contributed by atoms with E-state index in [0.29, 0.717) is 0 Å². The zero-order valence-electron chi connectivity index (χ0n) is 14.4. The molecule has 2 aromatic rings. The first kappa shape index (κ1) is 18.5. The van der Waals surface area contributed by atoms with Crippen molar-refractivity contribution in [1.29, 1.82) is 0 Å². The number of hydrogen-bond donors (Lipinski definition) is 1. The van der Waals surface area contributed by atoms with Crippen LogP contribution < -0.4 is 5.32 Å². The van der Waals surface area contributed by atoms with E-state index in [4.69, 9.17) is 0 Å². The molecule has 1 N–H and O–H groups in total. The highest BCUT2D eigenvalue weighted by molar-refractivity contribution is 9.10. The third-order valence-corrected chi connectivity index (χ3v) is 5.81. The normalized spacial score (nSPS) is 15.9. The minimum atomic E-state index is 0.108. The van der Waals surface area contributed by atoms with E-state index in [1.807, 2.05) is 30.5 Å². The Kier molecular flexibility index (Phi) is 6.57. The zero-order valence-corrected chi connectivity index (χ0v) is 16.8. The van der Waals surface area contributed by atoms with Crippen molar-refractivity contribution in [1.82, 2.24) is 4.90 Å². The first-order valence-corrected chi connectivity index (χ1v) is 10.6. The highest BCUT2D eigenvalue weighted by Crippen LogP contribution is 2.23. The highest BCUT2D eigenvalue weighted by Gasteiger charge is 2.25. The van der Waals surface area contributed by atoms with Gasteiger partial charge in [-0.2, -0.15) is 0 Å². The largest absolute Gasteiger partial charge is 0.326 e. The SMILES string of the molecule is CSc1cccc(NC(=O)C2CCN(Cc3cccc(Br)c3)CC2)c1. The van der Waals surface area contributed by atoms with Crippen LogP contribution in [0.2, 0.25) is 0 Å². The molecule has 3 rings (SSSR count). The quantitative estimate of drug-likeness (QED) is 0.691. The van der Waals surface area contributed by atoms with Gasteiger partial charge in [0, 0.05) is 27.5 Å². The molecule has 1 aliphatic heterocycles. The van der Waals surface area contributed by atoms with Crippen molar-refractivity contribution in [2.75, 3.05) is 24.7 Å². The predicted molar refractivity (Wildman–Crippen MR) is 109 cm³/mol. The van der Waals surface area contributed by atoms with Crippen LogP contribution in [0, 0.1) is 5.92 Å². The van der Waals surface area contributed by atoms with Crippen molar-refractivity contribution < 1.29 is 4.79 Å². The number of thioether (sulfide) groups is 1. The number of rotatable bonds is 5. The fraction of sp³-hybridized carbons (Fsp3) is 0.350. The van der Waals surface area contributed by atoms with Crippen LogP contribution in [0.25, 0.3) is 0 Å². The van der Waals surface area contributed by atoms with Crippen LogP contribution in [-0.2, 0) is 11.3 Å². The van der Waals surface area contributed by atoms with Crippen molar-refractivity contribution in [2.45, 2.75) is 24.3 Å². The smallest absolute Gasteiger partial charge is 0.227 e. The van der Waals surface area contributed by atoms with E-state index in [9.17, 15) is 4.79 Å². The first-order chi connectivity index (χ1) is 12.1. The summed E-state index contributed by atoms with van der Waals surface area (Å²) in [5.74, 6) is 0.261. The molecule has 1 aliphatic rings. The Morgan fingerprint density at radius 2 is 1.96 bits per heavy atom. The van der Waals surface area contributed by atoms with Gasteiger partial charge in [-0.05, 0) is 68.1 Å². The van der Waals surface area contributed by atoms with Gasteiger partial charge in [0.25, 0.3) is 0 Å². The zero-order chi connectivity index (χ0) is 17.6. The molecule has 0 aromatic heterocycles. The van der Waals surface area contributed by atoms with Crippen LogP contribution in [0.15, 0.2) is 57.9 Å². The fourth-order valence-corrected chi connectivity index (χ4v) is 4.10. The number of nitrogens with zero attached hydrogens (tertiary/aromatic N) is 1. The fourth-order valence-electron chi connectivity index (χ4n) is 3.19. The van der Waals surface area contributed by atoms with Crippen LogP contribution in [0.5, 0.6) is 0 Å². The molecule has 1 amide bonds. The molecule has 3 nitrogen and oxygen atoms in total. The summed E-state index contributed by atoms with van der Waals surface area (Å²) < 4.78 is 1.12. The monoisotopic (exact) mass is 418 g/mol. The minimum absolute atomic E-state index is 0.108. The molecule has 0 unspecified atom stereocenters. The van der Waals surface area contributed by atoms with E-state index in [-0.39, 0.29) is 11.8 Å². The molecule has 1 fully saturated rings. The second-order valence-corrected chi connectivity index (χ2v) is 8.20. The lowest BCUT2D eigenvalue weighted by Crippen LogP contribution is -2.37. The molecular weight excluding hydrogens is 396 g/mol. The third kappa shape index (κ3) is 5.33. The maximum Gasteiger partial charge on any atom is 0.227 e. The van der Waals surface area contributed by atoms with Crippen LogP contribution in [0.4, 0.5) is 5.69 Å². The first-order valence-electron chi connectivity index (χ1n) is 8.56. The molecule has 1 saturated heterocycles. The molecule has 2 aromatic carbocycles. The summed E-state index contributed by atoms with van der Waals surface area (Å²) in [4.78, 5) is 16.1. The van der Waals surface area contributed by atoms with E-state index in [0.717, 1.165) is 42.6 Å². The van der Waals surface area contributed by atoms with E-state index in [1.54, 1.807) is 11.8 Å². The van der Waals surface area contributed by atoms with Gasteiger partial charge in [0.1, 0.15) is 0 Å². The third-order valence-electron chi connectivity index (χ3n) is 4.59. The number of anilines is 1. The van der Waals surface area contributed by atoms with Gasteiger partial charge in [0.2, 0.25) is 5.91 Å². The summed E-state index contributed by atoms with van der Waals surface area (Å²) in [6.07, 6.45) is 3.88. The highest BCUT2D eigenvalue weighted by atomic mass is 79.9. The van der Waals surface area contributed by atoms with Gasteiger partial charge in [-0.25, -0.2) is 0 Å². The van der Waals surface area contributed by atoms with Crippen molar-refractivity contribution in [3.05, 3.63) is 58.6 Å². The summed E-state index contributed by atoms with van der Waals surface area (Å²) in [6.45, 7) is 2.88. The Labute approximate surface area is 162 Å². The summed E-state index contributed by atoms with van der Waals surface area (Å²) in [6, 6.07) is 16.5. The second-order valence-electron chi connectivity index (χ2n) is 6.40. The Morgan fingerprint density at radius 3 is 2.68 bits per heavy atom. The topological polar surface area (TPSA) is 32.3 Å². The lowest BCUT2D eigenvalue weighted by atomic mass is 9.95. The van der Waals surface area contributed by atoms with E-state index in [1.165, 1.54) is 10.5 Å². The molecule has 0 spiro atoms. The number of likely N-dealkylation sites (tertiary alicyclic amines) is 1. The Hall–Kier alpha value is -1.30. The number of amides is 1. The van der Waals surface area contributed by atoms with Crippen LogP contribution in [0.1, 0.15) is 18.4 Å². The Morgan fingerprint density at radius 1 is 1.20 bits per heavy atom. The van der Waals surface area contributed by atoms with E-state index >= 15 is 0 Å². The molecule has 0 atom stereocenters. The lowest BCUT2D eigenvalue weighted by Gasteiger charge is -2.31. The van der Waals surface area contributed by atoms with Crippen LogP contribution >= 0.6 is 27.7 Å². The van der Waals surface area contributed by atoms with Crippen molar-refractivity contribution in [3.63, 3.8) is 0 Å². The standard InChI is InChI=1S/C20H23BrN2OS/c1-25-19-7-3-6-18(13-19)22-20(24)16-8-10-23(11-9-16)14-15-4-2-5-17(21)12-15/h2-7,12-13,16H,8-11,14H2,1H3,(H,22,24). The minimum Gasteiger partial charge on any atom is -0.326 e. The average Bonchev–Trinajstić information content (AvgIpc) is 2.62. The van der Waals surface area contributed by atoms with Gasteiger partial charge in [-0.1, -0.05) is 34.1 Å². The molecule has 25 heavy (non-hydrogen) atoms. The van der Waals surface area contributed by atoms with Crippen molar-refractivity contribution in [3.8, 4) is 0 Å². The number of hydrogen-bond acceptors (Lipinski definition) is 3. The van der Waals surface area contributed by atoms with Gasteiger partial charge in [-0.3, -0.25) is 9.69 Å². The molecule has 5 heteroatoms. The Bertz CT molecular complexity index is 729. The maximum absolute atomic E-state index is 12.5. The number of carbonyl (C=O) groups is 1. The molecular formula is C20H23BrN2OS. The van der Waals surface area contributed by atoms with E-state index in [2.05, 4.69) is 50.4 Å². The molecule has 0 bridgehead atoms. The number of piperidine rings is 1. The lowest BCUT2D eigenvalue weighted by molar-refractivity contribution is -0.121. The maximum atomic E-state index is 12.5. The summed E-state index contributed by atoms with van der Waals surface area (Å²) >= 11 is 5.21. The van der Waals surface area contributed by atoms with Gasteiger partial charge < -0.3 is 5.32 Å². The van der Waals surface area contributed by atoms with Crippen LogP contribution in [-0.4, -0.2) is 30.2 Å². The number of benzene rings is 2. The van der Waals surface area contributed by atoms with Crippen molar-refractivity contribution in [2.24, 2.45) is 5.92 Å². The Balaban J connectivity index is 1.50. The second kappa shape index (κ2) is 8.88. The number of nitrogens with one attached hydrogen (secondary N) is 1. The summed E-state index contributed by atoms with van der Waals surface area (Å²) in [7, 11) is 0. The van der Waals surface area contributed by atoms with Gasteiger partial charge in [0.05, 0.1) is 0 Å². The molecule has 0 saturated carbocycles. The van der Waals surface area contributed by atoms with Crippen molar-refractivity contribution >= 4 is 39.3 Å². The van der Waals surface area contributed by atoms with E-state index < -0.39 is 0 Å². The number of halogens is 1. The van der Waals surface area contributed by atoms with Gasteiger partial charge in [-0.15, -0.1) is 11.8 Å². The molecule has 0 aliphatic carbocycles. The summed E-state index contributed by atoms with van der Waals surface area (Å²) in [5.41, 5.74) is 2.21. The number of carbonyl (C=O) groups excluding carboxylic acids is 1. The van der Waals surface area contributed by atoms with Gasteiger partial charge >= 0.3 is 0 Å². The van der Waals surface area contributed by atoms with Gasteiger partial charge in [0.15, 0.2) is 0 Å². The molecule has 0 radical (unpaired) electrons.